The van der Waals surface area contributed by atoms with E-state index in [1.807, 2.05) is 0 Å². The van der Waals surface area contributed by atoms with Crippen molar-refractivity contribution >= 4 is 33.2 Å². The number of amides is 1. The molecule has 2 aromatic rings. The number of halogens is 2. The molecule has 23 heavy (non-hydrogen) atoms. The number of hydrogen-bond donors (Lipinski definition) is 2. The van der Waals surface area contributed by atoms with Crippen LogP contribution in [0.25, 0.3) is 0 Å². The molecule has 0 aliphatic heterocycles. The lowest BCUT2D eigenvalue weighted by molar-refractivity contribution is 0.102. The minimum atomic E-state index is -3.78. The molecule has 1 amide bonds. The van der Waals surface area contributed by atoms with Gasteiger partial charge in [-0.05, 0) is 55.9 Å². The molecule has 0 unspecified atom stereocenters. The van der Waals surface area contributed by atoms with E-state index in [-0.39, 0.29) is 15.5 Å². The third-order valence-corrected chi connectivity index (χ3v) is 5.08. The standard InChI is InChI=1S/C15H14ClFN2O3S/c1-9-7-11(17)4-6-13(9)19-15(20)10-3-5-12(16)14(8-10)23(21,22)18-2/h3-8,18H,1-2H3,(H,19,20). The van der Waals surface area contributed by atoms with Crippen molar-refractivity contribution in [3.63, 3.8) is 0 Å². The highest BCUT2D eigenvalue weighted by Crippen LogP contribution is 2.23. The molecule has 0 bridgehead atoms. The summed E-state index contributed by atoms with van der Waals surface area (Å²) in [6.45, 7) is 1.65. The quantitative estimate of drug-likeness (QED) is 0.884. The van der Waals surface area contributed by atoms with E-state index in [0.717, 1.165) is 0 Å². The van der Waals surface area contributed by atoms with Crippen LogP contribution in [0.4, 0.5) is 10.1 Å². The van der Waals surface area contributed by atoms with E-state index in [2.05, 4.69) is 10.0 Å². The highest BCUT2D eigenvalue weighted by atomic mass is 35.5. The van der Waals surface area contributed by atoms with Crippen LogP contribution in [0.2, 0.25) is 5.02 Å². The Hall–Kier alpha value is -1.96. The van der Waals surface area contributed by atoms with Gasteiger partial charge in [0.25, 0.3) is 5.91 Å². The second-order valence-electron chi connectivity index (χ2n) is 4.77. The van der Waals surface area contributed by atoms with Crippen molar-refractivity contribution in [1.82, 2.24) is 4.72 Å². The van der Waals surface area contributed by atoms with E-state index < -0.39 is 21.7 Å². The van der Waals surface area contributed by atoms with E-state index in [9.17, 15) is 17.6 Å². The maximum atomic E-state index is 13.1. The van der Waals surface area contributed by atoms with Gasteiger partial charge in [-0.3, -0.25) is 4.79 Å². The van der Waals surface area contributed by atoms with E-state index in [1.54, 1.807) is 6.92 Å². The van der Waals surface area contributed by atoms with Gasteiger partial charge in [0, 0.05) is 11.3 Å². The van der Waals surface area contributed by atoms with Gasteiger partial charge in [0.2, 0.25) is 10.0 Å². The van der Waals surface area contributed by atoms with Gasteiger partial charge in [-0.25, -0.2) is 17.5 Å². The van der Waals surface area contributed by atoms with Crippen molar-refractivity contribution in [2.45, 2.75) is 11.8 Å². The Bertz CT molecular complexity index is 869. The first-order valence-electron chi connectivity index (χ1n) is 6.55. The Morgan fingerprint density at radius 3 is 2.48 bits per heavy atom. The van der Waals surface area contributed by atoms with Crippen molar-refractivity contribution < 1.29 is 17.6 Å². The smallest absolute Gasteiger partial charge is 0.255 e. The molecule has 8 heteroatoms. The van der Waals surface area contributed by atoms with Gasteiger partial charge in [0.05, 0.1) is 5.02 Å². The number of carbonyl (C=O) groups is 1. The molecule has 0 spiro atoms. The van der Waals surface area contributed by atoms with Gasteiger partial charge >= 0.3 is 0 Å². The SMILES string of the molecule is CNS(=O)(=O)c1cc(C(=O)Nc2ccc(F)cc2C)ccc1Cl. The van der Waals surface area contributed by atoms with E-state index in [0.29, 0.717) is 11.3 Å². The molecule has 5 nitrogen and oxygen atoms in total. The van der Waals surface area contributed by atoms with Crippen molar-refractivity contribution in [2.24, 2.45) is 0 Å². The molecule has 0 atom stereocenters. The minimum absolute atomic E-state index is 0.00821. The van der Waals surface area contributed by atoms with Gasteiger partial charge in [0.15, 0.2) is 0 Å². The molecule has 0 fully saturated rings. The summed E-state index contributed by atoms with van der Waals surface area (Å²) >= 11 is 5.87. The molecule has 0 radical (unpaired) electrons. The Balaban J connectivity index is 2.35. The molecule has 2 N–H and O–H groups in total. The number of anilines is 1. The maximum absolute atomic E-state index is 13.1. The minimum Gasteiger partial charge on any atom is -0.322 e. The molecule has 0 heterocycles. The number of carbonyl (C=O) groups excluding carboxylic acids is 1. The van der Waals surface area contributed by atoms with Crippen molar-refractivity contribution in [3.8, 4) is 0 Å². The Kier molecular flexibility index (Phi) is 5.03. The van der Waals surface area contributed by atoms with Crippen LogP contribution in [-0.4, -0.2) is 21.4 Å². The predicted octanol–water partition coefficient (Wildman–Crippen LogP) is 2.95. The fourth-order valence-electron chi connectivity index (χ4n) is 1.92. The molecule has 2 rings (SSSR count). The number of benzene rings is 2. The normalized spacial score (nSPS) is 11.3. The summed E-state index contributed by atoms with van der Waals surface area (Å²) in [6, 6.07) is 7.87. The van der Waals surface area contributed by atoms with Gasteiger partial charge in [-0.2, -0.15) is 0 Å². The van der Waals surface area contributed by atoms with Crippen molar-refractivity contribution in [1.29, 1.82) is 0 Å². The van der Waals surface area contributed by atoms with Crippen LogP contribution in [0, 0.1) is 12.7 Å². The molecule has 0 saturated carbocycles. The van der Waals surface area contributed by atoms with Crippen LogP contribution in [0.15, 0.2) is 41.3 Å². The molecule has 0 aliphatic rings. The Labute approximate surface area is 138 Å². The number of aryl methyl sites for hydroxylation is 1. The zero-order valence-electron chi connectivity index (χ0n) is 12.4. The molecule has 0 aliphatic carbocycles. The first-order chi connectivity index (χ1) is 10.7. The zero-order chi connectivity index (χ0) is 17.2. The zero-order valence-corrected chi connectivity index (χ0v) is 13.9. The van der Waals surface area contributed by atoms with Gasteiger partial charge in [-0.15, -0.1) is 0 Å². The monoisotopic (exact) mass is 356 g/mol. The summed E-state index contributed by atoms with van der Waals surface area (Å²) in [7, 11) is -2.53. The highest BCUT2D eigenvalue weighted by molar-refractivity contribution is 7.89. The van der Waals surface area contributed by atoms with Crippen LogP contribution in [-0.2, 0) is 10.0 Å². The fraction of sp³-hybridized carbons (Fsp3) is 0.133. The highest BCUT2D eigenvalue weighted by Gasteiger charge is 2.18. The largest absolute Gasteiger partial charge is 0.322 e. The third-order valence-electron chi connectivity index (χ3n) is 3.19. The van der Waals surface area contributed by atoms with Crippen LogP contribution in [0.1, 0.15) is 15.9 Å². The summed E-state index contributed by atoms with van der Waals surface area (Å²) in [5.41, 5.74) is 1.10. The number of rotatable bonds is 4. The van der Waals surface area contributed by atoms with Crippen LogP contribution < -0.4 is 10.0 Å². The molecule has 0 saturated heterocycles. The van der Waals surface area contributed by atoms with Crippen LogP contribution in [0.5, 0.6) is 0 Å². The fourth-order valence-corrected chi connectivity index (χ4v) is 3.17. The van der Waals surface area contributed by atoms with E-state index in [4.69, 9.17) is 11.6 Å². The van der Waals surface area contributed by atoms with Gasteiger partial charge in [0.1, 0.15) is 10.7 Å². The molecule has 0 aromatic heterocycles. The number of sulfonamides is 1. The lowest BCUT2D eigenvalue weighted by Crippen LogP contribution is -2.20. The topological polar surface area (TPSA) is 75.3 Å². The van der Waals surface area contributed by atoms with E-state index >= 15 is 0 Å². The molecular formula is C15H14ClFN2O3S. The van der Waals surface area contributed by atoms with Crippen molar-refractivity contribution in [3.05, 3.63) is 58.4 Å². The number of hydrogen-bond acceptors (Lipinski definition) is 3. The molecular weight excluding hydrogens is 343 g/mol. The lowest BCUT2D eigenvalue weighted by atomic mass is 10.1. The molecule has 2 aromatic carbocycles. The second kappa shape index (κ2) is 6.66. The Morgan fingerprint density at radius 2 is 1.87 bits per heavy atom. The van der Waals surface area contributed by atoms with Gasteiger partial charge in [-0.1, -0.05) is 11.6 Å². The average molecular weight is 357 g/mol. The summed E-state index contributed by atoms with van der Waals surface area (Å²) in [4.78, 5) is 12.1. The lowest BCUT2D eigenvalue weighted by Gasteiger charge is -2.10. The summed E-state index contributed by atoms with van der Waals surface area (Å²) in [6.07, 6.45) is 0. The first-order valence-corrected chi connectivity index (χ1v) is 8.41. The van der Waals surface area contributed by atoms with Crippen LogP contribution in [0.3, 0.4) is 0 Å². The second-order valence-corrected chi connectivity index (χ2v) is 7.03. The van der Waals surface area contributed by atoms with Crippen LogP contribution >= 0.6 is 11.6 Å². The first kappa shape index (κ1) is 17.4. The summed E-state index contributed by atoms with van der Waals surface area (Å²) in [5, 5.41) is 2.61. The van der Waals surface area contributed by atoms with Crippen molar-refractivity contribution in [2.75, 3.05) is 12.4 Å². The average Bonchev–Trinajstić information content (AvgIpc) is 2.50. The molecule has 122 valence electrons. The van der Waals surface area contributed by atoms with E-state index in [1.165, 1.54) is 43.4 Å². The number of nitrogens with one attached hydrogen (secondary N) is 2. The van der Waals surface area contributed by atoms with Gasteiger partial charge < -0.3 is 5.32 Å². The maximum Gasteiger partial charge on any atom is 0.255 e. The Morgan fingerprint density at radius 1 is 1.17 bits per heavy atom. The predicted molar refractivity (Wildman–Crippen MR) is 86.8 cm³/mol. The summed E-state index contributed by atoms with van der Waals surface area (Å²) in [5.74, 6) is -0.932. The third kappa shape index (κ3) is 3.87. The summed E-state index contributed by atoms with van der Waals surface area (Å²) < 4.78 is 39.0.